The minimum Gasteiger partial charge on any atom is -0.454 e. The molecule has 2 aliphatic heterocycles. The molecule has 4 heterocycles. The molecule has 3 aromatic rings. The van der Waals surface area contributed by atoms with Crippen molar-refractivity contribution in [1.29, 1.82) is 0 Å². The lowest BCUT2D eigenvalue weighted by Crippen LogP contribution is -2.31. The second kappa shape index (κ2) is 10.3. The van der Waals surface area contributed by atoms with E-state index >= 15 is 0 Å². The van der Waals surface area contributed by atoms with Crippen LogP contribution in [0, 0.1) is 0 Å². The van der Waals surface area contributed by atoms with Crippen molar-refractivity contribution in [2.45, 2.75) is 49.6 Å². The van der Waals surface area contributed by atoms with Crippen molar-refractivity contribution in [3.8, 4) is 17.2 Å². The van der Waals surface area contributed by atoms with Crippen LogP contribution in [-0.4, -0.2) is 55.1 Å². The number of fused-ring (bicyclic) bond motifs is 1. The number of amides is 2. The van der Waals surface area contributed by atoms with E-state index in [0.717, 1.165) is 24.9 Å². The molecule has 1 saturated heterocycles. The quantitative estimate of drug-likeness (QED) is 0.498. The second-order valence-corrected chi connectivity index (χ2v) is 9.70. The Balaban J connectivity index is 1.35. The number of carbonyl (C=O) groups excluding carboxylic acids is 2. The van der Waals surface area contributed by atoms with Gasteiger partial charge in [-0.15, -0.1) is 10.2 Å². The first-order valence-corrected chi connectivity index (χ1v) is 12.5. The summed E-state index contributed by atoms with van der Waals surface area (Å²) in [5, 5.41) is 11.8. The van der Waals surface area contributed by atoms with Crippen LogP contribution >= 0.6 is 11.8 Å². The van der Waals surface area contributed by atoms with Crippen LogP contribution in [0.15, 0.2) is 47.9 Å². The van der Waals surface area contributed by atoms with Gasteiger partial charge in [0.15, 0.2) is 22.5 Å². The Bertz CT molecular complexity index is 1220. The first-order valence-electron chi connectivity index (χ1n) is 11.6. The number of likely N-dealkylation sites (tertiary alicyclic amines) is 1. The molecule has 0 bridgehead atoms. The summed E-state index contributed by atoms with van der Waals surface area (Å²) in [4.78, 5) is 31.6. The lowest BCUT2D eigenvalue weighted by atomic mass is 10.2. The summed E-state index contributed by atoms with van der Waals surface area (Å²) < 4.78 is 12.6. The summed E-state index contributed by atoms with van der Waals surface area (Å²) in [6.07, 6.45) is 6.92. The topological polar surface area (TPSA) is 111 Å². The molecule has 0 unspecified atom stereocenters. The number of carbonyl (C=O) groups is 2. The number of hydrogen-bond acceptors (Lipinski definition) is 8. The Kier molecular flexibility index (Phi) is 6.84. The number of nitrogens with zero attached hydrogens (tertiary/aromatic N) is 5. The Labute approximate surface area is 207 Å². The summed E-state index contributed by atoms with van der Waals surface area (Å²) in [5.74, 6) is 1.85. The Morgan fingerprint density at radius 3 is 2.91 bits per heavy atom. The van der Waals surface area contributed by atoms with Gasteiger partial charge in [0.2, 0.25) is 18.6 Å². The number of benzene rings is 1. The predicted molar refractivity (Wildman–Crippen MR) is 130 cm³/mol. The number of aromatic nitrogens is 4. The molecule has 2 aliphatic rings. The molecule has 2 amide bonds. The zero-order valence-electron chi connectivity index (χ0n) is 19.3. The monoisotopic (exact) mass is 494 g/mol. The Morgan fingerprint density at radius 1 is 1.17 bits per heavy atom. The average Bonchev–Trinajstić information content (AvgIpc) is 3.44. The van der Waals surface area contributed by atoms with Gasteiger partial charge < -0.3 is 19.7 Å². The highest BCUT2D eigenvalue weighted by molar-refractivity contribution is 8.00. The van der Waals surface area contributed by atoms with E-state index in [2.05, 4.69) is 20.5 Å². The molecule has 0 saturated carbocycles. The Morgan fingerprint density at radius 2 is 2.06 bits per heavy atom. The van der Waals surface area contributed by atoms with Crippen molar-refractivity contribution < 1.29 is 19.1 Å². The van der Waals surface area contributed by atoms with Gasteiger partial charge in [-0.2, -0.15) is 0 Å². The maximum Gasteiger partial charge on any atom is 0.237 e. The van der Waals surface area contributed by atoms with Crippen LogP contribution in [0.4, 0.5) is 5.69 Å². The molecule has 182 valence electrons. The van der Waals surface area contributed by atoms with Gasteiger partial charge in [-0.05, 0) is 44.0 Å². The molecular formula is C24H26N6O4S. The third-order valence-electron chi connectivity index (χ3n) is 5.90. The highest BCUT2D eigenvalue weighted by Gasteiger charge is 2.25. The standard InChI is InChI=1S/C24H26N6O4S/c1-16(23(32)26-17-8-9-19-20(12-17)34-15-33-19)35-24-28-27-21(30(24)18-6-5-10-25-13-18)14-29-11-4-2-3-7-22(29)31/h5-6,8-10,12-13,16H,2-4,7,11,14-15H2,1H3,(H,26,32)/t16-/m1/s1. The maximum atomic E-state index is 12.9. The molecule has 11 heteroatoms. The largest absolute Gasteiger partial charge is 0.454 e. The van der Waals surface area contributed by atoms with Crippen LogP contribution < -0.4 is 14.8 Å². The van der Waals surface area contributed by atoms with Crippen molar-refractivity contribution in [1.82, 2.24) is 24.6 Å². The van der Waals surface area contributed by atoms with Gasteiger partial charge in [-0.1, -0.05) is 18.2 Å². The smallest absolute Gasteiger partial charge is 0.237 e. The molecule has 0 aliphatic carbocycles. The zero-order chi connectivity index (χ0) is 24.2. The van der Waals surface area contributed by atoms with Crippen molar-refractivity contribution in [2.75, 3.05) is 18.7 Å². The zero-order valence-corrected chi connectivity index (χ0v) is 20.2. The number of rotatable bonds is 7. The summed E-state index contributed by atoms with van der Waals surface area (Å²) in [7, 11) is 0. The molecule has 35 heavy (non-hydrogen) atoms. The average molecular weight is 495 g/mol. The molecule has 5 rings (SSSR count). The van der Waals surface area contributed by atoms with Gasteiger partial charge in [-0.25, -0.2) is 0 Å². The molecule has 10 nitrogen and oxygen atoms in total. The summed E-state index contributed by atoms with van der Waals surface area (Å²) in [6, 6.07) is 9.03. The number of nitrogens with one attached hydrogen (secondary N) is 1. The third kappa shape index (κ3) is 5.24. The molecule has 1 atom stereocenters. The van der Waals surface area contributed by atoms with E-state index in [1.165, 1.54) is 11.8 Å². The first kappa shape index (κ1) is 23.2. The van der Waals surface area contributed by atoms with E-state index in [1.54, 1.807) is 30.6 Å². The Hall–Kier alpha value is -3.60. The van der Waals surface area contributed by atoms with E-state index in [9.17, 15) is 9.59 Å². The minimum atomic E-state index is -0.465. The third-order valence-corrected chi connectivity index (χ3v) is 6.94. The lowest BCUT2D eigenvalue weighted by molar-refractivity contribution is -0.131. The van der Waals surface area contributed by atoms with E-state index in [1.807, 2.05) is 28.5 Å². The first-order chi connectivity index (χ1) is 17.1. The van der Waals surface area contributed by atoms with Gasteiger partial charge in [0.1, 0.15) is 0 Å². The highest BCUT2D eigenvalue weighted by Crippen LogP contribution is 2.34. The molecule has 1 fully saturated rings. The maximum absolute atomic E-state index is 12.9. The molecule has 0 spiro atoms. The number of thioether (sulfide) groups is 1. The fourth-order valence-corrected chi connectivity index (χ4v) is 4.92. The van der Waals surface area contributed by atoms with Gasteiger partial charge in [0.05, 0.1) is 23.7 Å². The van der Waals surface area contributed by atoms with Crippen molar-refractivity contribution in [3.05, 3.63) is 48.5 Å². The van der Waals surface area contributed by atoms with Crippen molar-refractivity contribution in [2.24, 2.45) is 0 Å². The highest BCUT2D eigenvalue weighted by atomic mass is 32.2. The van der Waals surface area contributed by atoms with E-state index in [4.69, 9.17) is 9.47 Å². The van der Waals surface area contributed by atoms with Crippen molar-refractivity contribution in [3.63, 3.8) is 0 Å². The minimum absolute atomic E-state index is 0.133. The summed E-state index contributed by atoms with van der Waals surface area (Å²) in [5.41, 5.74) is 1.40. The number of pyridine rings is 1. The number of anilines is 1. The summed E-state index contributed by atoms with van der Waals surface area (Å²) in [6.45, 7) is 3.05. The van der Waals surface area contributed by atoms with Crippen LogP contribution in [0.2, 0.25) is 0 Å². The normalized spacial score (nSPS) is 16.1. The van der Waals surface area contributed by atoms with E-state index in [0.29, 0.717) is 47.7 Å². The van der Waals surface area contributed by atoms with Crippen LogP contribution in [-0.2, 0) is 16.1 Å². The fraction of sp³-hybridized carbons (Fsp3) is 0.375. The SMILES string of the molecule is C[C@@H](Sc1nnc(CN2CCCCCC2=O)n1-c1cccnc1)C(=O)Nc1ccc2c(c1)OCO2. The van der Waals surface area contributed by atoms with Gasteiger partial charge in [-0.3, -0.25) is 19.1 Å². The fourth-order valence-electron chi connectivity index (χ4n) is 4.03. The van der Waals surface area contributed by atoms with Crippen molar-refractivity contribution >= 4 is 29.3 Å². The molecule has 2 aromatic heterocycles. The molecule has 0 radical (unpaired) electrons. The lowest BCUT2D eigenvalue weighted by Gasteiger charge is -2.20. The molecular weight excluding hydrogens is 468 g/mol. The van der Waals surface area contributed by atoms with Crippen LogP contribution in [0.5, 0.6) is 11.5 Å². The molecule has 1 N–H and O–H groups in total. The van der Waals surface area contributed by atoms with Gasteiger partial charge in [0.25, 0.3) is 0 Å². The molecule has 1 aromatic carbocycles. The van der Waals surface area contributed by atoms with Gasteiger partial charge >= 0.3 is 0 Å². The second-order valence-electron chi connectivity index (χ2n) is 8.39. The van der Waals surface area contributed by atoms with Gasteiger partial charge in [0, 0.05) is 30.9 Å². The predicted octanol–water partition coefficient (Wildman–Crippen LogP) is 3.41. The van der Waals surface area contributed by atoms with E-state index < -0.39 is 5.25 Å². The summed E-state index contributed by atoms with van der Waals surface area (Å²) >= 11 is 1.30. The number of hydrogen-bond donors (Lipinski definition) is 1. The van der Waals surface area contributed by atoms with E-state index in [-0.39, 0.29) is 18.6 Å². The van der Waals surface area contributed by atoms with Crippen LogP contribution in [0.3, 0.4) is 0 Å². The van der Waals surface area contributed by atoms with Crippen LogP contribution in [0.1, 0.15) is 38.4 Å². The number of ether oxygens (including phenoxy) is 2. The van der Waals surface area contributed by atoms with Crippen LogP contribution in [0.25, 0.3) is 5.69 Å².